The fourth-order valence-corrected chi connectivity index (χ4v) is 3.70. The lowest BCUT2D eigenvalue weighted by Gasteiger charge is -2.28. The minimum atomic E-state index is -3.72. The van der Waals surface area contributed by atoms with Gasteiger partial charge in [-0.3, -0.25) is 9.36 Å². The summed E-state index contributed by atoms with van der Waals surface area (Å²) in [4.78, 5) is 11.4. The van der Waals surface area contributed by atoms with Gasteiger partial charge in [-0.25, -0.2) is 0 Å². The van der Waals surface area contributed by atoms with Crippen molar-refractivity contribution < 1.29 is 23.5 Å². The van der Waals surface area contributed by atoms with Gasteiger partial charge in [-0.2, -0.15) is 0 Å². The molecule has 0 unspecified atom stereocenters. The Kier molecular flexibility index (Phi) is 7.71. The molecule has 0 saturated heterocycles. The fraction of sp³-hybridized carbons (Fsp3) is 0.909. The second kappa shape index (κ2) is 7.89. The van der Waals surface area contributed by atoms with Gasteiger partial charge in [0.1, 0.15) is 0 Å². The zero-order valence-corrected chi connectivity index (χ0v) is 12.4. The fourth-order valence-electron chi connectivity index (χ4n) is 1.73. The van der Waals surface area contributed by atoms with Gasteiger partial charge in [0.15, 0.2) is 5.66 Å². The van der Waals surface area contributed by atoms with Gasteiger partial charge in [-0.15, -0.1) is 0 Å². The van der Waals surface area contributed by atoms with Crippen LogP contribution in [0.3, 0.4) is 0 Å². The molecule has 108 valence electrons. The first-order valence-corrected chi connectivity index (χ1v) is 7.75. The first-order valence-electron chi connectivity index (χ1n) is 6.14. The van der Waals surface area contributed by atoms with E-state index in [1.54, 1.807) is 13.8 Å². The molecular weight excluding hydrogens is 257 g/mol. The largest absolute Gasteiger partial charge is 0.392 e. The van der Waals surface area contributed by atoms with Crippen molar-refractivity contribution >= 4 is 13.5 Å². The van der Waals surface area contributed by atoms with Gasteiger partial charge in [-0.05, 0) is 26.2 Å². The predicted octanol–water partition coefficient (Wildman–Crippen LogP) is 1.51. The number of hydrogen-bond donors (Lipinski definition) is 2. The van der Waals surface area contributed by atoms with Crippen molar-refractivity contribution in [1.82, 2.24) is 0 Å². The number of hydrogen-bond acceptors (Lipinski definition) is 5. The molecule has 3 N–H and O–H groups in total. The molecule has 0 radical (unpaired) electrons. The van der Waals surface area contributed by atoms with Crippen LogP contribution in [0.15, 0.2) is 0 Å². The molecule has 6 nitrogen and oxygen atoms in total. The molecule has 1 amide bonds. The molecule has 0 aromatic heterocycles. The highest BCUT2D eigenvalue weighted by molar-refractivity contribution is 7.55. The monoisotopic (exact) mass is 281 g/mol. The highest BCUT2D eigenvalue weighted by Crippen LogP contribution is 2.54. The van der Waals surface area contributed by atoms with Crippen LogP contribution in [0.2, 0.25) is 0 Å². The summed E-state index contributed by atoms with van der Waals surface area (Å²) in [6.45, 7) is 7.28. The van der Waals surface area contributed by atoms with Crippen LogP contribution in [0.25, 0.3) is 0 Å². The summed E-state index contributed by atoms with van der Waals surface area (Å²) in [6.07, 6.45) is -0.830. The number of aliphatic hydroxyl groups excluding tert-OH is 1. The maximum atomic E-state index is 12.5. The summed E-state index contributed by atoms with van der Waals surface area (Å²) in [6, 6.07) is 0. The molecule has 0 aliphatic rings. The number of carbonyl (C=O) groups excluding carboxylic acids is 1. The summed E-state index contributed by atoms with van der Waals surface area (Å²) in [5, 5.41) is 10.0. The average Bonchev–Trinajstić information content (AvgIpc) is 2.15. The molecular formula is C11H24NO5P. The maximum absolute atomic E-state index is 12.5. The molecule has 0 aliphatic heterocycles. The van der Waals surface area contributed by atoms with Crippen molar-refractivity contribution in [3.05, 3.63) is 0 Å². The van der Waals surface area contributed by atoms with Gasteiger partial charge in [-0.1, -0.05) is 13.8 Å². The Morgan fingerprint density at radius 3 is 2.00 bits per heavy atom. The number of rotatable bonds is 9. The highest BCUT2D eigenvalue weighted by atomic mass is 31.2. The second-order valence-electron chi connectivity index (χ2n) is 4.42. The smallest absolute Gasteiger partial charge is 0.345 e. The van der Waals surface area contributed by atoms with E-state index in [1.165, 1.54) is 0 Å². The predicted molar refractivity (Wildman–Crippen MR) is 69.3 cm³/mol. The van der Waals surface area contributed by atoms with E-state index in [4.69, 9.17) is 14.8 Å². The van der Waals surface area contributed by atoms with Crippen molar-refractivity contribution in [3.63, 3.8) is 0 Å². The van der Waals surface area contributed by atoms with Crippen LogP contribution in [0.5, 0.6) is 0 Å². The Balaban J connectivity index is 5.15. The Morgan fingerprint density at radius 1 is 1.28 bits per heavy atom. The molecule has 0 bridgehead atoms. The third kappa shape index (κ3) is 5.06. The molecule has 0 spiro atoms. The van der Waals surface area contributed by atoms with Crippen molar-refractivity contribution in [1.29, 1.82) is 0 Å². The molecule has 0 aromatic carbocycles. The van der Waals surface area contributed by atoms with E-state index in [2.05, 4.69) is 0 Å². The third-order valence-electron chi connectivity index (χ3n) is 2.33. The Hall–Kier alpha value is -0.420. The zero-order valence-electron chi connectivity index (χ0n) is 11.5. The first kappa shape index (κ1) is 17.6. The molecule has 18 heavy (non-hydrogen) atoms. The van der Waals surface area contributed by atoms with E-state index in [0.29, 0.717) is 6.42 Å². The third-order valence-corrected chi connectivity index (χ3v) is 4.84. The van der Waals surface area contributed by atoms with E-state index in [9.17, 15) is 14.5 Å². The molecule has 0 aliphatic carbocycles. The number of primary amides is 1. The summed E-state index contributed by atoms with van der Waals surface area (Å²) in [5.41, 5.74) is 3.91. The number of nitrogens with two attached hydrogens (primary N) is 1. The van der Waals surface area contributed by atoms with E-state index in [-0.39, 0.29) is 19.1 Å². The Bertz CT molecular complexity index is 298. The summed E-state index contributed by atoms with van der Waals surface area (Å²) in [5.74, 6) is -0.730. The Labute approximate surface area is 108 Å². The number of carbonyl (C=O) groups is 1. The van der Waals surface area contributed by atoms with E-state index >= 15 is 0 Å². The number of aliphatic hydroxyl groups is 1. The summed E-state index contributed by atoms with van der Waals surface area (Å²) >= 11 is 0. The highest BCUT2D eigenvalue weighted by Gasteiger charge is 2.44. The molecule has 0 heterocycles. The minimum Gasteiger partial charge on any atom is -0.392 e. The van der Waals surface area contributed by atoms with Gasteiger partial charge in [0.2, 0.25) is 5.91 Å². The average molecular weight is 281 g/mol. The zero-order chi connectivity index (χ0) is 14.3. The van der Waals surface area contributed by atoms with Gasteiger partial charge >= 0.3 is 7.60 Å². The second-order valence-corrected chi connectivity index (χ2v) is 6.57. The van der Waals surface area contributed by atoms with Crippen molar-refractivity contribution in [2.75, 3.05) is 13.2 Å². The lowest BCUT2D eigenvalue weighted by Crippen LogP contribution is -2.40. The van der Waals surface area contributed by atoms with Gasteiger partial charge in [0, 0.05) is 0 Å². The maximum Gasteiger partial charge on any atom is 0.345 e. The first-order chi connectivity index (χ1) is 8.28. The normalized spacial score (nSPS) is 15.7. The van der Waals surface area contributed by atoms with E-state index in [1.807, 2.05) is 13.8 Å². The van der Waals surface area contributed by atoms with Crippen molar-refractivity contribution in [2.45, 2.75) is 45.9 Å². The number of amides is 1. The summed E-state index contributed by atoms with van der Waals surface area (Å²) < 4.78 is 22.6. The Morgan fingerprint density at radius 2 is 1.72 bits per heavy atom. The molecule has 7 heteroatoms. The van der Waals surface area contributed by atoms with Gasteiger partial charge in [0.25, 0.3) is 0 Å². The summed E-state index contributed by atoms with van der Waals surface area (Å²) in [7, 11) is -3.72. The molecule has 0 fully saturated rings. The SMILES string of the molecule is CCOP(=O)(OCC)[C@H](C(N)=O)[C@@H](O)CC(C)C. The standard InChI is InChI=1S/C11H24NO5P/c1-5-16-18(15,17-6-2)10(11(12)14)9(13)7-8(3)4/h8-10,13H,5-7H2,1-4H3,(H2,12,14)/t9-,10-/m0/s1. The lowest BCUT2D eigenvalue weighted by atomic mass is 10.0. The molecule has 0 aromatic rings. The van der Waals surface area contributed by atoms with Crippen LogP contribution in [0.4, 0.5) is 0 Å². The van der Waals surface area contributed by atoms with Gasteiger partial charge < -0.3 is 19.9 Å². The van der Waals surface area contributed by atoms with Crippen LogP contribution in [0.1, 0.15) is 34.1 Å². The molecule has 0 saturated carbocycles. The lowest BCUT2D eigenvalue weighted by molar-refractivity contribution is -0.120. The topological polar surface area (TPSA) is 98.9 Å². The van der Waals surface area contributed by atoms with Crippen LogP contribution >= 0.6 is 7.60 Å². The van der Waals surface area contributed by atoms with Gasteiger partial charge in [0.05, 0.1) is 19.3 Å². The van der Waals surface area contributed by atoms with Crippen LogP contribution in [-0.4, -0.2) is 36.0 Å². The minimum absolute atomic E-state index is 0.120. The van der Waals surface area contributed by atoms with Crippen molar-refractivity contribution in [3.8, 4) is 0 Å². The quantitative estimate of drug-likeness (QED) is 0.624. The van der Waals surface area contributed by atoms with Crippen molar-refractivity contribution in [2.24, 2.45) is 11.7 Å². The molecule has 2 atom stereocenters. The van der Waals surface area contributed by atoms with Crippen LogP contribution in [-0.2, 0) is 18.4 Å². The van der Waals surface area contributed by atoms with E-state index < -0.39 is 25.3 Å². The van der Waals surface area contributed by atoms with Crippen LogP contribution in [0, 0.1) is 5.92 Å². The molecule has 0 rings (SSSR count). The van der Waals surface area contributed by atoms with Crippen LogP contribution < -0.4 is 5.73 Å². The van der Waals surface area contributed by atoms with E-state index in [0.717, 1.165) is 0 Å².